The number of hydrogen-bond donors (Lipinski definition) is 13. The van der Waals surface area contributed by atoms with Crippen LogP contribution in [0.5, 0.6) is 0 Å². The standard InChI is InChI=1S/C5H9NO2.2C5H11NO2.C3H7NO2S.C3H7NO2.C2H5NO2.Cu/c7-5(8)4-2-1-3-6-4;2*1-3(2)4(6)5(7)8;4-2(1-7)3(5)6;1-2(4)3(5)6;3-1-2(4)5;/h4,6H,1-3H2,(H,7,8);2*3-4H,6H2,1-2H3,(H,7,8);2,7H,1,4H2,(H,5,6);2H,4H2,1H3,(H,5,6);1,3H2,(H,4,5);/t3*4-;2*2-;;/m00000../s1. The molecule has 18 nitrogen and oxygen atoms in total. The molecule has 0 amide bonds. The molecule has 1 heterocycles. The Bertz CT molecular complexity index is 747. The number of hydrogen-bond acceptors (Lipinski definition) is 13. The largest absolute Gasteiger partial charge is 0.480 e. The number of thiol groups is 1. The summed E-state index contributed by atoms with van der Waals surface area (Å²) in [4.78, 5) is 58.7. The van der Waals surface area contributed by atoms with Crippen molar-refractivity contribution in [3.63, 3.8) is 0 Å². The van der Waals surface area contributed by atoms with Crippen molar-refractivity contribution < 1.29 is 76.5 Å². The van der Waals surface area contributed by atoms with Crippen LogP contribution in [0, 0.1) is 11.8 Å². The minimum atomic E-state index is -1.00. The van der Waals surface area contributed by atoms with Crippen LogP contribution in [0.25, 0.3) is 0 Å². The molecule has 0 aliphatic carbocycles. The molecule has 1 radical (unpaired) electrons. The first-order valence-corrected chi connectivity index (χ1v) is 13.1. The van der Waals surface area contributed by atoms with E-state index in [4.69, 9.17) is 53.6 Å². The first kappa shape index (κ1) is 53.0. The van der Waals surface area contributed by atoms with Gasteiger partial charge in [-0.1, -0.05) is 27.7 Å². The number of carboxylic acids is 6. The van der Waals surface area contributed by atoms with Gasteiger partial charge in [0.15, 0.2) is 0 Å². The second-order valence-corrected chi connectivity index (χ2v) is 9.42. The van der Waals surface area contributed by atoms with Crippen molar-refractivity contribution in [1.82, 2.24) is 5.32 Å². The smallest absolute Gasteiger partial charge is 0.321 e. The van der Waals surface area contributed by atoms with Crippen molar-refractivity contribution in [2.75, 3.05) is 18.8 Å². The summed E-state index contributed by atoms with van der Waals surface area (Å²) in [5.74, 6) is -5.28. The number of aliphatic carboxylic acids is 6. The van der Waals surface area contributed by atoms with E-state index < -0.39 is 60.0 Å². The molecule has 0 aromatic carbocycles. The van der Waals surface area contributed by atoms with Crippen LogP contribution in [-0.4, -0.2) is 116 Å². The van der Waals surface area contributed by atoms with Crippen molar-refractivity contribution in [3.8, 4) is 0 Å². The molecule has 1 aliphatic heterocycles. The molecule has 0 spiro atoms. The summed E-state index contributed by atoms with van der Waals surface area (Å²) in [6.45, 7) is 9.11. The second-order valence-electron chi connectivity index (χ2n) is 9.06. The molecule has 0 bridgehead atoms. The van der Waals surface area contributed by atoms with Crippen LogP contribution in [0.15, 0.2) is 0 Å². The maximum Gasteiger partial charge on any atom is 0.321 e. The molecular weight excluding hydrogens is 648 g/mol. The quantitative estimate of drug-likeness (QED) is 0.0889. The Hall–Kier alpha value is -2.55. The summed E-state index contributed by atoms with van der Waals surface area (Å²) >= 11 is 3.65. The molecule has 0 unspecified atom stereocenters. The van der Waals surface area contributed by atoms with E-state index in [0.717, 1.165) is 19.4 Å². The summed E-state index contributed by atoms with van der Waals surface area (Å²) in [5, 5.41) is 51.1. The van der Waals surface area contributed by atoms with Gasteiger partial charge in [0.05, 0.1) is 6.54 Å². The predicted molar refractivity (Wildman–Crippen MR) is 157 cm³/mol. The van der Waals surface area contributed by atoms with Crippen molar-refractivity contribution in [3.05, 3.63) is 0 Å². The van der Waals surface area contributed by atoms with E-state index >= 15 is 0 Å². The molecule has 5 atom stereocenters. The van der Waals surface area contributed by atoms with Gasteiger partial charge >= 0.3 is 35.8 Å². The SMILES string of the molecule is CC(C)[C@H](N)C(=O)O.CC(C)[C@H](N)C(=O)O.C[C@H](N)C(=O)O.NCC(=O)O.N[C@@H](CS)C(=O)O.O=C(O)[C@@H]1CCCN1.[Cu]. The van der Waals surface area contributed by atoms with Crippen LogP contribution in [0.3, 0.4) is 0 Å². The van der Waals surface area contributed by atoms with Crippen LogP contribution in [0.2, 0.25) is 0 Å². The molecule has 1 saturated heterocycles. The van der Waals surface area contributed by atoms with E-state index in [-0.39, 0.29) is 47.2 Å². The van der Waals surface area contributed by atoms with Gasteiger partial charge in [-0.15, -0.1) is 0 Å². The summed E-state index contributed by atoms with van der Waals surface area (Å²) < 4.78 is 0. The molecule has 261 valence electrons. The first-order chi connectivity index (χ1) is 19.0. The molecule has 1 fully saturated rings. The molecule has 43 heavy (non-hydrogen) atoms. The summed E-state index contributed by atoms with van der Waals surface area (Å²) in [6, 6.07) is -3.24. The normalized spacial score (nSPS) is 15.4. The Balaban J connectivity index is -0.0000000958. The fourth-order valence-corrected chi connectivity index (χ4v) is 1.70. The third-order valence-corrected chi connectivity index (χ3v) is 4.84. The molecule has 17 N–H and O–H groups in total. The Morgan fingerprint density at radius 1 is 0.744 bits per heavy atom. The van der Waals surface area contributed by atoms with Gasteiger partial charge in [-0.2, -0.15) is 12.6 Å². The fourth-order valence-electron chi connectivity index (χ4n) is 1.54. The second kappa shape index (κ2) is 32.4. The third-order valence-electron chi connectivity index (χ3n) is 4.44. The summed E-state index contributed by atoms with van der Waals surface area (Å²) in [7, 11) is 0. The molecule has 0 aromatic rings. The fraction of sp³-hybridized carbons (Fsp3) is 0.739. The number of rotatable bonds is 9. The average molecular weight is 698 g/mol. The van der Waals surface area contributed by atoms with Crippen molar-refractivity contribution in [2.24, 2.45) is 40.5 Å². The van der Waals surface area contributed by atoms with Crippen LogP contribution >= 0.6 is 12.6 Å². The molecule has 1 aliphatic rings. The first-order valence-electron chi connectivity index (χ1n) is 12.4. The third kappa shape index (κ3) is 41.6. The van der Waals surface area contributed by atoms with Crippen molar-refractivity contribution in [1.29, 1.82) is 0 Å². The zero-order chi connectivity index (χ0) is 34.7. The minimum Gasteiger partial charge on any atom is -0.480 e. The van der Waals surface area contributed by atoms with Gasteiger partial charge in [0.1, 0.15) is 30.2 Å². The predicted octanol–water partition coefficient (Wildman–Crippen LogP) is -2.29. The van der Waals surface area contributed by atoms with Gasteiger partial charge in [-0.05, 0) is 38.1 Å². The molecule has 20 heteroatoms. The monoisotopic (exact) mass is 697 g/mol. The van der Waals surface area contributed by atoms with E-state index in [1.54, 1.807) is 27.7 Å². The minimum absolute atomic E-state index is 0. The molecule has 1 rings (SSSR count). The molecular formula is C23H50CuN6O12S. The summed E-state index contributed by atoms with van der Waals surface area (Å²) in [6.07, 6.45) is 1.78. The molecule has 0 aromatic heterocycles. The number of carboxylic acid groups (broad SMARTS) is 6. The number of carbonyl (C=O) groups is 6. The average Bonchev–Trinajstić information content (AvgIpc) is 3.44. The van der Waals surface area contributed by atoms with E-state index in [0.29, 0.717) is 0 Å². The molecule has 0 saturated carbocycles. The maximum absolute atomic E-state index is 10.1. The topological polar surface area (TPSA) is 366 Å². The van der Waals surface area contributed by atoms with Gasteiger partial charge in [0.25, 0.3) is 0 Å². The van der Waals surface area contributed by atoms with Crippen molar-refractivity contribution in [2.45, 2.75) is 77.7 Å². The van der Waals surface area contributed by atoms with Gasteiger partial charge < -0.3 is 64.6 Å². The van der Waals surface area contributed by atoms with Crippen LogP contribution in [0.1, 0.15) is 47.5 Å². The Morgan fingerprint density at radius 3 is 1.12 bits per heavy atom. The zero-order valence-corrected chi connectivity index (χ0v) is 26.7. The maximum atomic E-state index is 10.1. The number of nitrogens with two attached hydrogens (primary N) is 5. The Labute approximate surface area is 267 Å². The van der Waals surface area contributed by atoms with Crippen LogP contribution in [-0.2, 0) is 45.8 Å². The van der Waals surface area contributed by atoms with Gasteiger partial charge in [-0.25, -0.2) is 0 Å². The van der Waals surface area contributed by atoms with E-state index in [9.17, 15) is 28.8 Å². The van der Waals surface area contributed by atoms with Crippen LogP contribution in [0.4, 0.5) is 0 Å². The van der Waals surface area contributed by atoms with Gasteiger partial charge in [0.2, 0.25) is 0 Å². The van der Waals surface area contributed by atoms with E-state index in [1.807, 2.05) is 0 Å². The summed E-state index contributed by atoms with van der Waals surface area (Å²) in [5.41, 5.74) is 24.7. The van der Waals surface area contributed by atoms with Crippen LogP contribution < -0.4 is 34.0 Å². The van der Waals surface area contributed by atoms with Crippen molar-refractivity contribution >= 4 is 48.4 Å². The van der Waals surface area contributed by atoms with E-state index in [2.05, 4.69) is 23.7 Å². The zero-order valence-electron chi connectivity index (χ0n) is 24.8. The van der Waals surface area contributed by atoms with E-state index in [1.165, 1.54) is 6.92 Å². The van der Waals surface area contributed by atoms with Gasteiger partial charge in [0, 0.05) is 22.8 Å². The Morgan fingerprint density at radius 2 is 1.07 bits per heavy atom. The number of nitrogens with one attached hydrogen (secondary N) is 1. The van der Waals surface area contributed by atoms with Gasteiger partial charge in [-0.3, -0.25) is 28.8 Å². The Kier molecular flexibility index (Phi) is 39.9.